The number of ether oxygens (including phenoxy) is 6. The second-order valence-electron chi connectivity index (χ2n) is 37.6. The van der Waals surface area contributed by atoms with E-state index < -0.39 is 258 Å². The number of nitrogens with zero attached hydrogens (tertiary/aromatic N) is 6. The molecule has 6 aliphatic carbocycles. The van der Waals surface area contributed by atoms with Gasteiger partial charge in [0.25, 0.3) is 11.8 Å². The normalized spacial score (nSPS) is 31.1. The number of allylic oxidation sites excluding steroid dienone is 1. The number of rotatable bonds is 16. The second-order valence-corrected chi connectivity index (χ2v) is 41.5. The lowest BCUT2D eigenvalue weighted by Crippen LogP contribution is -2.50. The van der Waals surface area contributed by atoms with Crippen molar-refractivity contribution in [3.8, 4) is 23.3 Å². The van der Waals surface area contributed by atoms with Crippen LogP contribution < -0.4 is 28.4 Å². The van der Waals surface area contributed by atoms with Crippen molar-refractivity contribution in [1.29, 1.82) is 0 Å². The van der Waals surface area contributed by atoms with Gasteiger partial charge in [-0.25, -0.2) is 54.3 Å². The number of sulfonamides is 2. The zero-order chi connectivity index (χ0) is 88.5. The number of nitrogens with one attached hydrogen (secondary N) is 2. The Kier molecular flexibility index (Phi) is 26.3. The van der Waals surface area contributed by atoms with Crippen molar-refractivity contribution >= 4 is 89.2 Å². The summed E-state index contributed by atoms with van der Waals surface area (Å²) in [6.45, 7) is 12.9. The monoisotopic (exact) mass is 1760 g/mol. The Bertz CT molecular complexity index is 4950. The van der Waals surface area contributed by atoms with Gasteiger partial charge >= 0.3 is 11.9 Å². The van der Waals surface area contributed by atoms with Crippen molar-refractivity contribution in [2.45, 2.75) is 281 Å². The van der Waals surface area contributed by atoms with E-state index in [2.05, 4.69) is 19.9 Å². The number of amides is 4. The summed E-state index contributed by atoms with van der Waals surface area (Å²) in [5.74, 6) is -21.7. The standard InChI is InChI=1S/C43H56F4N4O9S.C43H54F4N4O9S/c2*1-23-33-22-51(35(23)31(52)21-42(20-28(42)37(44)45)40(55)50-61(56,57)26-14-15-26)39(54)27(41(2,3)4)19-34(53)59-32-12-7-6-10-24(32)11-8-9-17-43(46,47)36-38(60-33)49-30-18-25(58-5)13-16-29(30)48-36/h13,16,18,23-24,26-28,32-33,35,37H,6-12,14-15,17,19-22H2,1-5H3,(H,50,55);6-7,13,16,18,23-24,26-28,32-33,35,37H,8-12,14-15,17,19-22H2,1-5H3,(H,50,55)/t2*23-,24+,27-,28+,32-,33+,35+,42-/m11/s1. The molecule has 4 amide bonds. The number of Topliss-reactive ketones (excluding diaryl/α,β-unsaturated/α-hetero) is 2. The summed E-state index contributed by atoms with van der Waals surface area (Å²) in [4.78, 5) is 134. The molecular formula is C86H110F8N8O18S2. The van der Waals surface area contributed by atoms with Crippen molar-refractivity contribution in [2.24, 2.45) is 69.0 Å². The molecule has 2 aromatic carbocycles. The highest BCUT2D eigenvalue weighted by Gasteiger charge is 2.69. The molecule has 26 nitrogen and oxygen atoms in total. The Labute approximate surface area is 704 Å². The summed E-state index contributed by atoms with van der Waals surface area (Å²) < 4.78 is 214. The van der Waals surface area contributed by atoms with E-state index in [9.17, 15) is 72.8 Å². The SMILES string of the molecule is COc1ccc2nc3c(nc2c1)O[C@H]1CN(C(=O)[C@H](C(C)(C)C)CC(=O)O[C@@H]2CC=CC[C@H]2CCCCC3(F)F)[C@H](C(=O)C[C@]2(C(=O)NS(=O)(=O)C3CC3)C[C@H]2C(F)F)[C@@H]1C.COc1ccc2nc3c(nc2c1)O[C@H]1CN(C(=O)[C@H](C(C)(C)C)CC(=O)O[C@@H]2CCCC[C@H]2CCCCC3(F)F)[C@H](C(=O)C[C@]2(C(=O)NS(=O)(=O)C3CC3)C[C@H]2C(F)F)[C@@H]1C. The highest BCUT2D eigenvalue weighted by Crippen LogP contribution is 2.61. The van der Waals surface area contributed by atoms with Gasteiger partial charge < -0.3 is 38.2 Å². The first-order valence-corrected chi connectivity index (χ1v) is 45.6. The Balaban J connectivity index is 0.000000210. The van der Waals surface area contributed by atoms with Crippen LogP contribution in [0.25, 0.3) is 22.1 Å². The summed E-state index contributed by atoms with van der Waals surface area (Å²) in [6.07, 6.45) is -2.81. The number of hydrogen-bond acceptors (Lipinski definition) is 22. The number of alkyl halides is 8. The third kappa shape index (κ3) is 19.6. The molecule has 0 unspecified atom stereocenters. The van der Waals surface area contributed by atoms with E-state index in [1.54, 1.807) is 60.6 Å². The third-order valence-corrected chi connectivity index (χ3v) is 30.5. The first kappa shape index (κ1) is 91.3. The van der Waals surface area contributed by atoms with Gasteiger partial charge in [-0.15, -0.1) is 0 Å². The summed E-state index contributed by atoms with van der Waals surface area (Å²) in [6, 6.07) is 6.20. The molecule has 6 heterocycles. The number of esters is 2. The molecule has 16 atom stereocenters. The van der Waals surface area contributed by atoms with E-state index in [4.69, 9.17) is 28.4 Å². The Morgan fingerprint density at radius 1 is 0.508 bits per heavy atom. The smallest absolute Gasteiger partial charge is 0.306 e. The van der Waals surface area contributed by atoms with Crippen LogP contribution in [0, 0.1) is 69.0 Å². The van der Waals surface area contributed by atoms with Crippen LogP contribution in [0.15, 0.2) is 48.6 Å². The van der Waals surface area contributed by atoms with Gasteiger partial charge in [0.05, 0.1) is 107 Å². The molecule has 4 aromatic rings. The molecule has 14 rings (SSSR count). The Hall–Kier alpha value is -8.44. The minimum Gasteiger partial charge on any atom is -0.497 e. The fourth-order valence-electron chi connectivity index (χ4n) is 18.8. The first-order chi connectivity index (χ1) is 57.3. The van der Waals surface area contributed by atoms with E-state index in [0.717, 1.165) is 19.3 Å². The number of halogens is 8. The van der Waals surface area contributed by atoms with E-state index in [-0.39, 0.29) is 72.7 Å². The molecule has 4 bridgehead atoms. The number of fused-ring (bicyclic) bond motifs is 10. The molecule has 2 N–H and O–H groups in total. The van der Waals surface area contributed by atoms with Gasteiger partial charge in [0.2, 0.25) is 68.3 Å². The number of aromatic nitrogens is 4. The molecule has 10 aliphatic rings. The van der Waals surface area contributed by atoms with Crippen molar-refractivity contribution < 1.29 is 119 Å². The molecule has 7 fully saturated rings. The van der Waals surface area contributed by atoms with Crippen molar-refractivity contribution in [2.75, 3.05) is 27.3 Å². The summed E-state index contributed by atoms with van der Waals surface area (Å²) in [5.41, 5.74) is -6.75. The number of carbonyl (C=O) groups excluding carboxylic acids is 8. The molecule has 122 heavy (non-hydrogen) atoms. The van der Waals surface area contributed by atoms with Gasteiger partial charge in [0.15, 0.2) is 23.0 Å². The molecule has 0 radical (unpaired) electrons. The molecule has 5 saturated carbocycles. The molecule has 4 aliphatic heterocycles. The topological polar surface area (TPSA) is 342 Å². The van der Waals surface area contributed by atoms with Crippen LogP contribution in [0.2, 0.25) is 0 Å². The van der Waals surface area contributed by atoms with Crippen LogP contribution in [0.5, 0.6) is 23.3 Å². The first-order valence-electron chi connectivity index (χ1n) is 42.5. The van der Waals surface area contributed by atoms with Crippen LogP contribution in [0.4, 0.5) is 35.1 Å². The molecular weight excluding hydrogens is 1650 g/mol. The number of hydrogen-bond donors (Lipinski definition) is 2. The Morgan fingerprint density at radius 2 is 0.893 bits per heavy atom. The van der Waals surface area contributed by atoms with E-state index in [0.29, 0.717) is 82.1 Å². The van der Waals surface area contributed by atoms with Crippen LogP contribution in [0.1, 0.15) is 221 Å². The predicted molar refractivity (Wildman–Crippen MR) is 426 cm³/mol. The summed E-state index contributed by atoms with van der Waals surface area (Å²) >= 11 is 0. The van der Waals surface area contributed by atoms with Crippen molar-refractivity contribution in [3.63, 3.8) is 0 Å². The molecule has 36 heteroatoms. The number of carbonyl (C=O) groups is 8. The van der Waals surface area contributed by atoms with Crippen LogP contribution in [-0.4, -0.2) is 181 Å². The molecule has 0 spiro atoms. The highest BCUT2D eigenvalue weighted by molar-refractivity contribution is 7.91. The number of methoxy groups -OCH3 is 2. The maximum absolute atomic E-state index is 16.5. The maximum Gasteiger partial charge on any atom is 0.306 e. The van der Waals surface area contributed by atoms with Crippen molar-refractivity contribution in [1.82, 2.24) is 39.2 Å². The van der Waals surface area contributed by atoms with Gasteiger partial charge in [0.1, 0.15) is 35.9 Å². The van der Waals surface area contributed by atoms with Gasteiger partial charge in [-0.3, -0.25) is 47.8 Å². The fourth-order valence-corrected chi connectivity index (χ4v) is 21.6. The van der Waals surface area contributed by atoms with Gasteiger partial charge in [-0.2, -0.15) is 17.6 Å². The minimum absolute atomic E-state index is 0.0613. The zero-order valence-electron chi connectivity index (χ0n) is 70.3. The number of benzene rings is 2. The zero-order valence-corrected chi connectivity index (χ0v) is 71.9. The lowest BCUT2D eigenvalue weighted by molar-refractivity contribution is -0.160. The fraction of sp³-hybridized carbons (Fsp3) is 0.698. The van der Waals surface area contributed by atoms with E-state index in [1.807, 2.05) is 21.6 Å². The molecule has 2 saturated heterocycles. The quantitative estimate of drug-likeness (QED) is 0.0598. The average Bonchev–Trinajstić information content (AvgIpc) is 1.57. The van der Waals surface area contributed by atoms with Gasteiger partial charge in [-0.05, 0) is 137 Å². The minimum atomic E-state index is -4.17. The average molecular weight is 1760 g/mol. The lowest BCUT2D eigenvalue weighted by atomic mass is 9.77. The third-order valence-electron chi connectivity index (χ3n) is 26.8. The van der Waals surface area contributed by atoms with Crippen LogP contribution in [-0.2, 0) is 79.7 Å². The van der Waals surface area contributed by atoms with Gasteiger partial charge in [-0.1, -0.05) is 86.8 Å². The van der Waals surface area contributed by atoms with Crippen LogP contribution in [0.3, 0.4) is 0 Å². The highest BCUT2D eigenvalue weighted by atomic mass is 32.2. The summed E-state index contributed by atoms with van der Waals surface area (Å²) in [7, 11) is -5.48. The largest absolute Gasteiger partial charge is 0.497 e. The van der Waals surface area contributed by atoms with E-state index in [1.165, 1.54) is 55.2 Å². The second kappa shape index (κ2) is 35.2. The molecule has 670 valence electrons. The number of ketones is 2. The Morgan fingerprint density at radius 3 is 1.28 bits per heavy atom. The predicted octanol–water partition coefficient (Wildman–Crippen LogP) is 13.6. The van der Waals surface area contributed by atoms with Gasteiger partial charge in [0, 0.05) is 67.9 Å². The maximum atomic E-state index is 16.5. The summed E-state index contributed by atoms with van der Waals surface area (Å²) in [5, 5.41) is -1.68. The van der Waals surface area contributed by atoms with Crippen LogP contribution >= 0.6 is 0 Å². The lowest BCUT2D eigenvalue weighted by Gasteiger charge is -2.36. The molecule has 2 aromatic heterocycles. The van der Waals surface area contributed by atoms with Crippen molar-refractivity contribution in [3.05, 3.63) is 59.9 Å². The van der Waals surface area contributed by atoms with E-state index >= 15 is 17.6 Å².